The van der Waals surface area contributed by atoms with Gasteiger partial charge in [0.25, 0.3) is 0 Å². The second kappa shape index (κ2) is 7.37. The topological polar surface area (TPSA) is 108 Å². The van der Waals surface area contributed by atoms with Gasteiger partial charge >= 0.3 is 12.0 Å². The molecule has 9 nitrogen and oxygen atoms in total. The number of nitro groups is 1. The van der Waals surface area contributed by atoms with Gasteiger partial charge in [0.05, 0.1) is 17.4 Å². The molecule has 1 saturated carbocycles. The third-order valence-electron chi connectivity index (χ3n) is 4.09. The van der Waals surface area contributed by atoms with Gasteiger partial charge in [0.2, 0.25) is 5.91 Å². The highest BCUT2D eigenvalue weighted by Gasteiger charge is 2.37. The molecule has 0 radical (unpaired) electrons. The number of carbonyl (C=O) groups is 1. The monoisotopic (exact) mass is 386 g/mol. The van der Waals surface area contributed by atoms with Gasteiger partial charge in [-0.3, -0.25) is 9.48 Å². The van der Waals surface area contributed by atoms with E-state index in [2.05, 4.69) is 15.5 Å². The number of carbonyl (C=O) groups excluding carboxylic acids is 1. The van der Waals surface area contributed by atoms with E-state index >= 15 is 0 Å². The Morgan fingerprint density at radius 3 is 2.70 bits per heavy atom. The molecule has 0 unspecified atom stereocenters. The predicted molar refractivity (Wildman–Crippen MR) is 85.7 cm³/mol. The van der Waals surface area contributed by atoms with E-state index in [-0.39, 0.29) is 31.4 Å². The summed E-state index contributed by atoms with van der Waals surface area (Å²) in [4.78, 5) is 21.7. The Morgan fingerprint density at radius 2 is 2.11 bits per heavy atom. The summed E-state index contributed by atoms with van der Waals surface area (Å²) in [6.07, 6.45) is -1.04. The minimum absolute atomic E-state index is 0.124. The molecular weight excluding hydrogens is 369 g/mol. The van der Waals surface area contributed by atoms with Crippen molar-refractivity contribution in [3.63, 3.8) is 0 Å². The van der Waals surface area contributed by atoms with E-state index in [1.165, 1.54) is 16.9 Å². The fourth-order valence-corrected chi connectivity index (χ4v) is 2.65. The Labute approximate surface area is 151 Å². The number of hydrogen-bond donors (Lipinski definition) is 1. The molecule has 0 bridgehead atoms. The molecule has 0 aliphatic heterocycles. The average molecular weight is 386 g/mol. The molecule has 1 N–H and O–H groups in total. The number of nitrogens with one attached hydrogen (secondary N) is 1. The van der Waals surface area contributed by atoms with Crippen molar-refractivity contribution >= 4 is 11.7 Å². The summed E-state index contributed by atoms with van der Waals surface area (Å²) in [7, 11) is 0. The van der Waals surface area contributed by atoms with Crippen LogP contribution in [0, 0.1) is 10.1 Å². The summed E-state index contributed by atoms with van der Waals surface area (Å²) in [5, 5.41) is 20.4. The lowest BCUT2D eigenvalue weighted by atomic mass is 10.2. The van der Waals surface area contributed by atoms with Crippen LogP contribution in [-0.2, 0) is 24.1 Å². The number of halogens is 3. The average Bonchev–Trinajstić information content (AvgIpc) is 3.14. The Morgan fingerprint density at radius 1 is 1.37 bits per heavy atom. The standard InChI is InChI=1S/C15H17F3N6O3/c16-15(17,18)12-8-11(10-2-3-10)23(20-12)6-1-5-19-14(25)9-22-7-4-13(21-22)24(26)27/h4,7-8,10H,1-3,5-6,9H2,(H,19,25). The van der Waals surface area contributed by atoms with Crippen LogP contribution in [0.25, 0.3) is 0 Å². The van der Waals surface area contributed by atoms with Gasteiger partial charge in [0.15, 0.2) is 5.69 Å². The van der Waals surface area contributed by atoms with E-state index in [1.54, 1.807) is 0 Å². The first-order chi connectivity index (χ1) is 12.7. The SMILES string of the molecule is O=C(Cn1ccc([N+](=O)[O-])n1)NCCCn1nc(C(F)(F)F)cc1C1CC1. The van der Waals surface area contributed by atoms with E-state index < -0.39 is 22.7 Å². The van der Waals surface area contributed by atoms with Gasteiger partial charge in [-0.25, -0.2) is 0 Å². The molecule has 0 atom stereocenters. The Bertz CT molecular complexity index is 840. The van der Waals surface area contributed by atoms with Crippen LogP contribution in [0.15, 0.2) is 18.3 Å². The number of alkyl halides is 3. The summed E-state index contributed by atoms with van der Waals surface area (Å²) in [6, 6.07) is 2.28. The van der Waals surface area contributed by atoms with Crippen LogP contribution < -0.4 is 5.32 Å². The van der Waals surface area contributed by atoms with E-state index in [1.807, 2.05) is 0 Å². The summed E-state index contributed by atoms with van der Waals surface area (Å²) < 4.78 is 41.0. The molecule has 146 valence electrons. The number of nitrogens with zero attached hydrogens (tertiary/aromatic N) is 5. The fourth-order valence-electron chi connectivity index (χ4n) is 2.65. The van der Waals surface area contributed by atoms with Crippen LogP contribution in [0.3, 0.4) is 0 Å². The minimum atomic E-state index is -4.48. The summed E-state index contributed by atoms with van der Waals surface area (Å²) in [5.74, 6) is -0.625. The Balaban J connectivity index is 1.47. The molecule has 1 aliphatic carbocycles. The molecule has 1 amide bonds. The molecule has 1 aliphatic rings. The van der Waals surface area contributed by atoms with Gasteiger partial charge < -0.3 is 15.4 Å². The molecular formula is C15H17F3N6O3. The van der Waals surface area contributed by atoms with Gasteiger partial charge in [0, 0.05) is 24.7 Å². The van der Waals surface area contributed by atoms with Crippen LogP contribution >= 0.6 is 0 Å². The lowest BCUT2D eigenvalue weighted by molar-refractivity contribution is -0.389. The van der Waals surface area contributed by atoms with Crippen LogP contribution in [0.4, 0.5) is 19.0 Å². The molecule has 12 heteroatoms. The number of rotatable bonds is 8. The van der Waals surface area contributed by atoms with Gasteiger partial charge in [-0.2, -0.15) is 23.0 Å². The second-order valence-electron chi connectivity index (χ2n) is 6.28. The number of aromatic nitrogens is 4. The second-order valence-corrected chi connectivity index (χ2v) is 6.28. The van der Waals surface area contributed by atoms with E-state index in [0.717, 1.165) is 23.6 Å². The minimum Gasteiger partial charge on any atom is -0.358 e. The summed E-state index contributed by atoms with van der Waals surface area (Å²) in [5.41, 5.74) is -0.314. The maximum Gasteiger partial charge on any atom is 0.435 e. The lowest BCUT2D eigenvalue weighted by Gasteiger charge is -2.08. The van der Waals surface area contributed by atoms with Gasteiger partial charge in [0.1, 0.15) is 6.54 Å². The van der Waals surface area contributed by atoms with Crippen molar-refractivity contribution in [2.75, 3.05) is 6.54 Å². The van der Waals surface area contributed by atoms with Gasteiger partial charge in [-0.15, -0.1) is 0 Å². The molecule has 3 rings (SSSR count). The van der Waals surface area contributed by atoms with Crippen LogP contribution in [0.1, 0.15) is 36.6 Å². The fraction of sp³-hybridized carbons (Fsp3) is 0.533. The first-order valence-electron chi connectivity index (χ1n) is 8.33. The number of hydrogen-bond acceptors (Lipinski definition) is 5. The van der Waals surface area contributed by atoms with E-state index in [0.29, 0.717) is 12.1 Å². The van der Waals surface area contributed by atoms with Crippen LogP contribution in [0.2, 0.25) is 0 Å². The maximum absolute atomic E-state index is 12.8. The highest BCUT2D eigenvalue weighted by molar-refractivity contribution is 5.75. The van der Waals surface area contributed by atoms with E-state index in [4.69, 9.17) is 0 Å². The van der Waals surface area contributed by atoms with E-state index in [9.17, 15) is 28.1 Å². The van der Waals surface area contributed by atoms with Crippen molar-refractivity contribution in [3.8, 4) is 0 Å². The number of amides is 1. The Hall–Kier alpha value is -2.92. The predicted octanol–water partition coefficient (Wildman–Crippen LogP) is 2.09. The molecule has 0 saturated heterocycles. The lowest BCUT2D eigenvalue weighted by Crippen LogP contribution is -2.29. The summed E-state index contributed by atoms with van der Waals surface area (Å²) >= 11 is 0. The molecule has 27 heavy (non-hydrogen) atoms. The van der Waals surface area contributed by atoms with Crippen molar-refractivity contribution in [1.29, 1.82) is 0 Å². The highest BCUT2D eigenvalue weighted by Crippen LogP contribution is 2.42. The van der Waals surface area contributed by atoms with Crippen LogP contribution in [-0.4, -0.2) is 36.9 Å². The molecule has 0 aromatic carbocycles. The zero-order chi connectivity index (χ0) is 19.6. The van der Waals surface area contributed by atoms with Crippen molar-refractivity contribution in [3.05, 3.63) is 39.8 Å². The quantitative estimate of drug-likeness (QED) is 0.425. The molecule has 2 aromatic heterocycles. The van der Waals surface area contributed by atoms with Crippen molar-refractivity contribution in [2.45, 2.75) is 44.4 Å². The first kappa shape index (κ1) is 18.9. The van der Waals surface area contributed by atoms with Crippen molar-refractivity contribution < 1.29 is 22.9 Å². The molecule has 1 fully saturated rings. The maximum atomic E-state index is 12.8. The highest BCUT2D eigenvalue weighted by atomic mass is 19.4. The summed E-state index contributed by atoms with van der Waals surface area (Å²) in [6.45, 7) is 0.324. The molecule has 2 aromatic rings. The van der Waals surface area contributed by atoms with Crippen molar-refractivity contribution in [2.24, 2.45) is 0 Å². The van der Waals surface area contributed by atoms with Crippen molar-refractivity contribution in [1.82, 2.24) is 24.9 Å². The third kappa shape index (κ3) is 4.83. The van der Waals surface area contributed by atoms with Crippen LogP contribution in [0.5, 0.6) is 0 Å². The number of aryl methyl sites for hydroxylation is 1. The molecule has 0 spiro atoms. The normalized spacial score (nSPS) is 14.3. The zero-order valence-corrected chi connectivity index (χ0v) is 14.1. The Kier molecular flexibility index (Phi) is 5.15. The largest absolute Gasteiger partial charge is 0.435 e. The van der Waals surface area contributed by atoms with Gasteiger partial charge in [-0.1, -0.05) is 0 Å². The zero-order valence-electron chi connectivity index (χ0n) is 14.1. The molecule has 2 heterocycles. The third-order valence-corrected chi connectivity index (χ3v) is 4.09. The van der Waals surface area contributed by atoms with Gasteiger partial charge in [-0.05, 0) is 30.3 Å². The first-order valence-corrected chi connectivity index (χ1v) is 8.33. The smallest absolute Gasteiger partial charge is 0.358 e.